The van der Waals surface area contributed by atoms with Crippen LogP contribution in [0, 0.1) is 0 Å². The summed E-state index contributed by atoms with van der Waals surface area (Å²) in [5, 5.41) is 7.54. The van der Waals surface area contributed by atoms with Crippen molar-refractivity contribution in [3.05, 3.63) is 89.1 Å². The van der Waals surface area contributed by atoms with Crippen LogP contribution in [0.4, 0.5) is 5.13 Å². The number of carbonyl (C=O) groups is 2. The van der Waals surface area contributed by atoms with E-state index in [0.29, 0.717) is 16.3 Å². The van der Waals surface area contributed by atoms with Crippen LogP contribution >= 0.6 is 18.9 Å². The Labute approximate surface area is 196 Å². The predicted octanol–water partition coefficient (Wildman–Crippen LogP) is 4.57. The van der Waals surface area contributed by atoms with Gasteiger partial charge in [-0.15, -0.1) is 0 Å². The molecule has 0 aliphatic carbocycles. The summed E-state index contributed by atoms with van der Waals surface area (Å²) in [6.07, 6.45) is 1.66. The lowest BCUT2D eigenvalue weighted by molar-refractivity contribution is -0.354. The van der Waals surface area contributed by atoms with Crippen LogP contribution in [0.25, 0.3) is 5.31 Å². The van der Waals surface area contributed by atoms with Crippen LogP contribution in [0.2, 0.25) is 0 Å². The van der Waals surface area contributed by atoms with Crippen molar-refractivity contribution in [1.29, 1.82) is 0 Å². The second kappa shape index (κ2) is 11.7. The number of rotatable bonds is 10. The summed E-state index contributed by atoms with van der Waals surface area (Å²) < 4.78 is 25.1. The van der Waals surface area contributed by atoms with E-state index in [-0.39, 0.29) is 24.2 Å². The van der Waals surface area contributed by atoms with Gasteiger partial charge < -0.3 is 14.4 Å². The molecule has 0 atom stereocenters. The molecule has 2 aromatic carbocycles. The molecular formula is C23H25N3O5PS+. The number of carbonyl (C=O) groups excluding carboxylic acids is 2. The number of thiazole rings is 1. The van der Waals surface area contributed by atoms with Crippen LogP contribution in [0.15, 0.2) is 77.9 Å². The quantitative estimate of drug-likeness (QED) is 0.323. The van der Waals surface area contributed by atoms with Crippen LogP contribution in [0.5, 0.6) is 0 Å². The summed E-state index contributed by atoms with van der Waals surface area (Å²) >= 11 is 1.27. The summed E-state index contributed by atoms with van der Waals surface area (Å²) in [5.41, 5.74) is 0.541. The summed E-state index contributed by atoms with van der Waals surface area (Å²) in [7, 11) is -4.00. The Morgan fingerprint density at radius 3 is 2.03 bits per heavy atom. The Balaban J connectivity index is 2.21. The van der Waals surface area contributed by atoms with E-state index < -0.39 is 19.4 Å². The highest BCUT2D eigenvalue weighted by molar-refractivity contribution is 7.65. The zero-order valence-electron chi connectivity index (χ0n) is 18.2. The molecular weight excluding hydrogens is 461 g/mol. The lowest BCUT2D eigenvalue weighted by Crippen LogP contribution is -2.33. The number of nitrogens with one attached hydrogen (secondary N) is 3. The third-order valence-corrected chi connectivity index (χ3v) is 7.31. The van der Waals surface area contributed by atoms with E-state index in [1.54, 1.807) is 86.1 Å². The van der Waals surface area contributed by atoms with Crippen LogP contribution in [-0.4, -0.2) is 25.0 Å². The van der Waals surface area contributed by atoms with Gasteiger partial charge >= 0.3 is 18.6 Å². The van der Waals surface area contributed by atoms with Gasteiger partial charge in [0.2, 0.25) is 0 Å². The van der Waals surface area contributed by atoms with Crippen LogP contribution in [-0.2, 0) is 18.4 Å². The van der Waals surface area contributed by atoms with Crippen LogP contribution in [0.1, 0.15) is 29.8 Å². The molecule has 0 fully saturated rings. The second-order valence-electron chi connectivity index (χ2n) is 6.59. The van der Waals surface area contributed by atoms with Gasteiger partial charge in [-0.2, -0.15) is 5.32 Å². The maximum Gasteiger partial charge on any atom is 0.364 e. The average molecular weight is 487 g/mol. The van der Waals surface area contributed by atoms with E-state index >= 15 is 0 Å². The Hall–Kier alpha value is -3.10. The standard InChI is InChI=1S/C23H24N3O5PS/c1-3-30-32(29,31-4-2)20(17-11-7-5-8-12-17)19(22(28)26-23-24-15-16-33-23)25-21(27)18-13-9-6-10-14-18/h5-16H,3-4H2,1-2H3,(H,25,27)(H,24,26,28)/p+1. The molecule has 0 spiro atoms. The summed E-state index contributed by atoms with van der Waals surface area (Å²) in [5.74, 6) is -1.21. The highest BCUT2D eigenvalue weighted by Gasteiger charge is 2.38. The number of aromatic amines is 1. The number of anilines is 1. The van der Waals surface area contributed by atoms with Crippen LogP contribution in [0.3, 0.4) is 0 Å². The first-order valence-electron chi connectivity index (χ1n) is 10.3. The number of amides is 2. The molecule has 172 valence electrons. The first kappa shape index (κ1) is 24.5. The molecule has 0 aliphatic heterocycles. The Morgan fingerprint density at radius 1 is 0.939 bits per heavy atom. The van der Waals surface area contributed by atoms with E-state index in [2.05, 4.69) is 15.6 Å². The average Bonchev–Trinajstić information content (AvgIpc) is 3.33. The lowest BCUT2D eigenvalue weighted by atomic mass is 10.1. The molecule has 8 nitrogen and oxygen atoms in total. The van der Waals surface area contributed by atoms with Crippen molar-refractivity contribution in [2.45, 2.75) is 13.8 Å². The normalized spacial score (nSPS) is 12.1. The van der Waals surface area contributed by atoms with Crippen molar-refractivity contribution in [3.8, 4) is 0 Å². The third-order valence-electron chi connectivity index (χ3n) is 4.35. The minimum absolute atomic E-state index is 0.0230. The first-order valence-corrected chi connectivity index (χ1v) is 12.7. The molecule has 0 unspecified atom stereocenters. The van der Waals surface area contributed by atoms with Gasteiger partial charge in [-0.05, 0) is 31.5 Å². The van der Waals surface area contributed by atoms with Gasteiger partial charge in [-0.3, -0.25) is 9.36 Å². The summed E-state index contributed by atoms with van der Waals surface area (Å²) in [6, 6.07) is 17.0. The number of aromatic nitrogens is 1. The van der Waals surface area contributed by atoms with Gasteiger partial charge in [0, 0.05) is 10.9 Å². The minimum Gasteiger partial charge on any atom is -0.315 e. The molecule has 0 radical (unpaired) electrons. The van der Waals surface area contributed by atoms with Gasteiger partial charge in [0.1, 0.15) is 11.0 Å². The smallest absolute Gasteiger partial charge is 0.315 e. The molecule has 3 rings (SSSR count). The number of benzene rings is 2. The number of H-pyrrole nitrogens is 1. The topological polar surface area (TPSA) is 108 Å². The minimum atomic E-state index is -4.00. The molecule has 0 aliphatic rings. The zero-order valence-corrected chi connectivity index (χ0v) is 20.0. The van der Waals surface area contributed by atoms with Gasteiger partial charge in [0.15, 0.2) is 0 Å². The molecule has 1 aromatic heterocycles. The molecule has 0 saturated heterocycles. The highest BCUT2D eigenvalue weighted by Crippen LogP contribution is 2.61. The van der Waals surface area contributed by atoms with Crippen molar-refractivity contribution < 1.29 is 28.2 Å². The zero-order chi connectivity index (χ0) is 23.7. The fourth-order valence-electron chi connectivity index (χ4n) is 3.02. The maximum atomic E-state index is 13.9. The number of hydrogen-bond acceptors (Lipinski definition) is 6. The van der Waals surface area contributed by atoms with Gasteiger partial charge in [-0.1, -0.05) is 59.9 Å². The van der Waals surface area contributed by atoms with E-state index in [9.17, 15) is 14.2 Å². The fourth-order valence-corrected chi connectivity index (χ4v) is 5.49. The van der Waals surface area contributed by atoms with Gasteiger partial charge in [-0.25, -0.2) is 9.78 Å². The van der Waals surface area contributed by atoms with Crippen molar-refractivity contribution in [3.63, 3.8) is 0 Å². The van der Waals surface area contributed by atoms with Crippen LogP contribution < -0.4 is 15.6 Å². The van der Waals surface area contributed by atoms with Gasteiger partial charge in [0.05, 0.1) is 19.4 Å². The largest absolute Gasteiger partial charge is 0.364 e. The van der Waals surface area contributed by atoms with E-state index in [4.69, 9.17) is 9.05 Å². The maximum absolute atomic E-state index is 13.9. The summed E-state index contributed by atoms with van der Waals surface area (Å²) in [6.45, 7) is 3.51. The SMILES string of the molecule is CCOP(=O)(OCC)C(=C(NC(=O)c1ccccc1)C(=O)Nc1[nH+]ccs1)c1ccccc1. The van der Waals surface area contributed by atoms with Crippen molar-refractivity contribution >= 4 is 41.2 Å². The lowest BCUT2D eigenvalue weighted by Gasteiger charge is -2.23. The third kappa shape index (κ3) is 6.24. The molecule has 3 aromatic rings. The van der Waals surface area contributed by atoms with E-state index in [0.717, 1.165) is 0 Å². The van der Waals surface area contributed by atoms with Crippen molar-refractivity contribution in [1.82, 2.24) is 5.32 Å². The predicted molar refractivity (Wildman–Crippen MR) is 128 cm³/mol. The monoisotopic (exact) mass is 486 g/mol. The molecule has 0 saturated carbocycles. The number of hydrogen-bond donors (Lipinski definition) is 2. The van der Waals surface area contributed by atoms with Crippen molar-refractivity contribution in [2.75, 3.05) is 18.5 Å². The van der Waals surface area contributed by atoms with Gasteiger partial charge in [0.25, 0.3) is 5.91 Å². The molecule has 33 heavy (non-hydrogen) atoms. The molecule has 10 heteroatoms. The Morgan fingerprint density at radius 2 is 1.52 bits per heavy atom. The molecule has 0 bridgehead atoms. The summed E-state index contributed by atoms with van der Waals surface area (Å²) in [4.78, 5) is 29.4. The first-order chi connectivity index (χ1) is 16.0. The second-order valence-corrected chi connectivity index (χ2v) is 9.47. The van der Waals surface area contributed by atoms with E-state index in [1.807, 2.05) is 0 Å². The molecule has 1 heterocycles. The van der Waals surface area contributed by atoms with Crippen molar-refractivity contribution in [2.24, 2.45) is 0 Å². The Kier molecular flexibility index (Phi) is 8.68. The molecule has 2 amide bonds. The fraction of sp³-hybridized carbons (Fsp3) is 0.174. The Bertz CT molecular complexity index is 1140. The molecule has 3 N–H and O–H groups in total. The highest BCUT2D eigenvalue weighted by atomic mass is 32.1. The van der Waals surface area contributed by atoms with E-state index in [1.165, 1.54) is 11.3 Å².